The molecule has 116 valence electrons. The van der Waals surface area contributed by atoms with Crippen LogP contribution in [0, 0.1) is 6.92 Å². The molecule has 0 unspecified atom stereocenters. The van der Waals surface area contributed by atoms with Crippen LogP contribution in [-0.4, -0.2) is 30.0 Å². The molecule has 1 aliphatic heterocycles. The van der Waals surface area contributed by atoms with E-state index in [1.807, 2.05) is 0 Å². The predicted octanol–water partition coefficient (Wildman–Crippen LogP) is 2.37. The summed E-state index contributed by atoms with van der Waals surface area (Å²) in [6, 6.07) is 11.0. The van der Waals surface area contributed by atoms with E-state index < -0.39 is 17.8 Å². The highest BCUT2D eigenvalue weighted by Gasteiger charge is 2.38. The van der Waals surface area contributed by atoms with Gasteiger partial charge in [0.2, 0.25) is 0 Å². The molecular weight excluding hydrogens is 298 g/mol. The molecule has 6 heteroatoms. The number of carbonyl (C=O) groups is 3. The number of rotatable bonds is 3. The lowest BCUT2D eigenvalue weighted by Gasteiger charge is -2.13. The van der Waals surface area contributed by atoms with Gasteiger partial charge in [-0.2, -0.15) is 0 Å². The van der Waals surface area contributed by atoms with Crippen molar-refractivity contribution >= 4 is 17.8 Å². The van der Waals surface area contributed by atoms with Crippen LogP contribution in [0.2, 0.25) is 0 Å². The summed E-state index contributed by atoms with van der Waals surface area (Å²) in [6.07, 6.45) is 0. The minimum Gasteiger partial charge on any atom is -0.496 e. The first kappa shape index (κ1) is 14.8. The van der Waals surface area contributed by atoms with Crippen LogP contribution in [0.3, 0.4) is 0 Å². The first-order valence-electron chi connectivity index (χ1n) is 6.87. The molecule has 0 atom stereocenters. The molecule has 0 aromatic heterocycles. The summed E-state index contributed by atoms with van der Waals surface area (Å²) in [5.41, 5.74) is 1.40. The fraction of sp³-hybridized carbons (Fsp3) is 0.118. The average molecular weight is 311 g/mol. The summed E-state index contributed by atoms with van der Waals surface area (Å²) in [6.45, 7) is 1.78. The highest BCUT2D eigenvalue weighted by Crippen LogP contribution is 2.24. The number of hydroxylamine groups is 2. The molecule has 1 aliphatic rings. The smallest absolute Gasteiger partial charge is 0.363 e. The van der Waals surface area contributed by atoms with E-state index in [1.165, 1.54) is 25.3 Å². The number of aryl methyl sites for hydroxylation is 1. The fourth-order valence-corrected chi connectivity index (χ4v) is 2.39. The number of nitrogens with zero attached hydrogens (tertiary/aromatic N) is 1. The molecule has 0 aliphatic carbocycles. The fourth-order valence-electron chi connectivity index (χ4n) is 2.39. The molecule has 0 N–H and O–H groups in total. The van der Waals surface area contributed by atoms with Crippen LogP contribution in [0.1, 0.15) is 36.6 Å². The van der Waals surface area contributed by atoms with Crippen molar-refractivity contribution in [1.82, 2.24) is 5.06 Å². The van der Waals surface area contributed by atoms with E-state index in [2.05, 4.69) is 0 Å². The molecule has 0 bridgehead atoms. The Bertz CT molecular complexity index is 792. The number of methoxy groups -OCH3 is 1. The van der Waals surface area contributed by atoms with Crippen molar-refractivity contribution in [2.45, 2.75) is 6.92 Å². The summed E-state index contributed by atoms with van der Waals surface area (Å²) in [7, 11) is 1.53. The van der Waals surface area contributed by atoms with Gasteiger partial charge in [-0.25, -0.2) is 4.79 Å². The Balaban J connectivity index is 1.83. The van der Waals surface area contributed by atoms with Gasteiger partial charge in [0.05, 0.1) is 23.8 Å². The third-order valence-electron chi connectivity index (χ3n) is 3.56. The summed E-state index contributed by atoms with van der Waals surface area (Å²) < 4.78 is 5.12. The molecule has 3 rings (SSSR count). The number of fused-ring (bicyclic) bond motifs is 1. The van der Waals surface area contributed by atoms with Gasteiger partial charge in [0, 0.05) is 0 Å². The lowest BCUT2D eigenvalue weighted by atomic mass is 10.1. The topological polar surface area (TPSA) is 72.9 Å². The molecule has 2 aromatic rings. The molecule has 6 nitrogen and oxygen atoms in total. The van der Waals surface area contributed by atoms with Crippen molar-refractivity contribution < 1.29 is 24.0 Å². The monoisotopic (exact) mass is 311 g/mol. The normalized spacial score (nSPS) is 13.0. The Morgan fingerprint density at radius 2 is 1.61 bits per heavy atom. The number of imide groups is 1. The zero-order chi connectivity index (χ0) is 16.6. The number of hydrogen-bond acceptors (Lipinski definition) is 5. The Morgan fingerprint density at radius 3 is 2.13 bits per heavy atom. The first-order chi connectivity index (χ1) is 11.0. The number of carbonyl (C=O) groups excluding carboxylic acids is 3. The van der Waals surface area contributed by atoms with Crippen LogP contribution in [0.25, 0.3) is 0 Å². The van der Waals surface area contributed by atoms with E-state index in [0.717, 1.165) is 5.56 Å². The van der Waals surface area contributed by atoms with E-state index in [9.17, 15) is 14.4 Å². The van der Waals surface area contributed by atoms with Crippen LogP contribution in [0.15, 0.2) is 42.5 Å². The van der Waals surface area contributed by atoms with Crippen LogP contribution in [0.4, 0.5) is 0 Å². The number of ether oxygens (including phenoxy) is 1. The van der Waals surface area contributed by atoms with Crippen molar-refractivity contribution in [2.75, 3.05) is 7.11 Å². The Hall–Kier alpha value is -3.15. The highest BCUT2D eigenvalue weighted by molar-refractivity contribution is 6.21. The van der Waals surface area contributed by atoms with Crippen molar-refractivity contribution in [1.29, 1.82) is 0 Å². The lowest BCUT2D eigenvalue weighted by molar-refractivity contribution is -0.0584. The quantitative estimate of drug-likeness (QED) is 0.814. The summed E-state index contributed by atoms with van der Waals surface area (Å²) in [5, 5.41) is 0.493. The van der Waals surface area contributed by atoms with Gasteiger partial charge in [-0.05, 0) is 42.8 Å². The van der Waals surface area contributed by atoms with E-state index in [0.29, 0.717) is 10.8 Å². The lowest BCUT2D eigenvalue weighted by Crippen LogP contribution is -2.32. The predicted molar refractivity (Wildman–Crippen MR) is 80.1 cm³/mol. The van der Waals surface area contributed by atoms with Crippen LogP contribution in [-0.2, 0) is 4.84 Å². The molecule has 1 heterocycles. The van der Waals surface area contributed by atoms with Gasteiger partial charge in [-0.3, -0.25) is 9.59 Å². The number of amides is 2. The minimum absolute atomic E-state index is 0.219. The first-order valence-corrected chi connectivity index (χ1v) is 6.87. The molecule has 0 spiro atoms. The molecule has 2 amide bonds. The second-order valence-electron chi connectivity index (χ2n) is 5.01. The third-order valence-corrected chi connectivity index (χ3v) is 3.56. The van der Waals surface area contributed by atoms with E-state index >= 15 is 0 Å². The molecular formula is C17H13NO5. The maximum atomic E-state index is 12.2. The summed E-state index contributed by atoms with van der Waals surface area (Å²) in [4.78, 5) is 41.5. The van der Waals surface area contributed by atoms with E-state index in [4.69, 9.17) is 9.57 Å². The second-order valence-corrected chi connectivity index (χ2v) is 5.01. The van der Waals surface area contributed by atoms with Gasteiger partial charge in [0.25, 0.3) is 11.8 Å². The molecule has 0 saturated heterocycles. The SMILES string of the molecule is COc1ccc(C(=O)ON2C(=O)c3ccccc3C2=O)cc1C. The van der Waals surface area contributed by atoms with Gasteiger partial charge >= 0.3 is 5.97 Å². The van der Waals surface area contributed by atoms with Crippen molar-refractivity contribution in [2.24, 2.45) is 0 Å². The van der Waals surface area contributed by atoms with E-state index in [-0.39, 0.29) is 16.7 Å². The van der Waals surface area contributed by atoms with Crippen molar-refractivity contribution in [3.8, 4) is 5.75 Å². The maximum Gasteiger partial charge on any atom is 0.363 e. The van der Waals surface area contributed by atoms with Gasteiger partial charge in [0.1, 0.15) is 5.75 Å². The van der Waals surface area contributed by atoms with Crippen LogP contribution >= 0.6 is 0 Å². The van der Waals surface area contributed by atoms with Gasteiger partial charge in [-0.1, -0.05) is 17.2 Å². The van der Waals surface area contributed by atoms with Crippen molar-refractivity contribution in [3.05, 3.63) is 64.7 Å². The Kier molecular flexibility index (Phi) is 3.57. The van der Waals surface area contributed by atoms with Gasteiger partial charge in [-0.15, -0.1) is 0 Å². The molecule has 0 saturated carbocycles. The summed E-state index contributed by atoms with van der Waals surface area (Å²) >= 11 is 0. The third kappa shape index (κ3) is 2.44. The summed E-state index contributed by atoms with van der Waals surface area (Å²) in [5.74, 6) is -1.46. The Labute approximate surface area is 132 Å². The zero-order valence-electron chi connectivity index (χ0n) is 12.5. The average Bonchev–Trinajstić information content (AvgIpc) is 2.80. The molecule has 23 heavy (non-hydrogen) atoms. The van der Waals surface area contributed by atoms with Crippen LogP contribution < -0.4 is 4.74 Å². The Morgan fingerprint density at radius 1 is 1.00 bits per heavy atom. The molecule has 2 aromatic carbocycles. The number of benzene rings is 2. The second kappa shape index (κ2) is 5.57. The highest BCUT2D eigenvalue weighted by atomic mass is 16.7. The molecule has 0 radical (unpaired) electrons. The maximum absolute atomic E-state index is 12.2. The minimum atomic E-state index is -0.787. The van der Waals surface area contributed by atoms with Crippen LogP contribution in [0.5, 0.6) is 5.75 Å². The van der Waals surface area contributed by atoms with Crippen molar-refractivity contribution in [3.63, 3.8) is 0 Å². The largest absolute Gasteiger partial charge is 0.496 e. The zero-order valence-corrected chi connectivity index (χ0v) is 12.5. The van der Waals surface area contributed by atoms with Gasteiger partial charge in [0.15, 0.2) is 0 Å². The number of hydrogen-bond donors (Lipinski definition) is 0. The van der Waals surface area contributed by atoms with E-state index in [1.54, 1.807) is 31.2 Å². The molecule has 0 fully saturated rings. The van der Waals surface area contributed by atoms with Gasteiger partial charge < -0.3 is 9.57 Å². The standard InChI is InChI=1S/C17H13NO5/c1-10-9-11(7-8-14(10)22-2)17(21)23-18-15(19)12-5-3-4-6-13(12)16(18)20/h3-9H,1-2H3.